The number of rotatable bonds is 7. The number of ether oxygens (including phenoxy) is 1. The molecule has 0 spiro atoms. The van der Waals surface area contributed by atoms with Crippen LogP contribution in [0.4, 0.5) is 0 Å². The zero-order valence-electron chi connectivity index (χ0n) is 16.5. The molecule has 0 radical (unpaired) electrons. The Morgan fingerprint density at radius 2 is 1.75 bits per heavy atom. The predicted molar refractivity (Wildman–Crippen MR) is 118 cm³/mol. The predicted octanol–water partition coefficient (Wildman–Crippen LogP) is 3.54. The minimum Gasteiger partial charge on any atom is -0.379 e. The van der Waals surface area contributed by atoms with Gasteiger partial charge in [0.1, 0.15) is 0 Å². The van der Waals surface area contributed by atoms with Crippen molar-refractivity contribution in [3.05, 3.63) is 69.7 Å². The molecule has 2 N–H and O–H groups in total. The van der Waals surface area contributed by atoms with Crippen molar-refractivity contribution < 1.29 is 4.74 Å². The number of hydrogen-bond acceptors (Lipinski definition) is 3. The van der Waals surface area contributed by atoms with Gasteiger partial charge in [0.25, 0.3) is 0 Å². The van der Waals surface area contributed by atoms with Gasteiger partial charge in [-0.15, -0.1) is 0 Å². The lowest BCUT2D eigenvalue weighted by Crippen LogP contribution is -2.38. The highest BCUT2D eigenvalue weighted by Crippen LogP contribution is 2.13. The van der Waals surface area contributed by atoms with Gasteiger partial charge >= 0.3 is 0 Å². The molecule has 0 atom stereocenters. The number of guanidine groups is 1. The second-order valence-corrected chi connectivity index (χ2v) is 7.75. The molecule has 0 aromatic heterocycles. The Bertz CT molecular complexity index is 757. The minimum atomic E-state index is 0.651. The molecule has 3 rings (SSSR count). The number of morpholine rings is 1. The summed E-state index contributed by atoms with van der Waals surface area (Å²) in [7, 11) is 0. The van der Waals surface area contributed by atoms with Crippen molar-refractivity contribution in [2.24, 2.45) is 4.99 Å². The lowest BCUT2D eigenvalue weighted by Gasteiger charge is -2.27. The van der Waals surface area contributed by atoms with E-state index in [1.807, 2.05) is 12.1 Å². The Morgan fingerprint density at radius 1 is 1.04 bits per heavy atom. The molecule has 2 aromatic rings. The van der Waals surface area contributed by atoms with Crippen molar-refractivity contribution in [3.63, 3.8) is 0 Å². The van der Waals surface area contributed by atoms with E-state index in [-0.39, 0.29) is 0 Å². The van der Waals surface area contributed by atoms with E-state index in [4.69, 9.17) is 9.73 Å². The van der Waals surface area contributed by atoms with Gasteiger partial charge in [0.2, 0.25) is 0 Å². The molecule has 1 saturated heterocycles. The Balaban J connectivity index is 1.61. The molecule has 0 saturated carbocycles. The standard InChI is InChI=1S/C22H29BrN4O/c1-2-24-22(25-15-18-7-9-21(23)10-8-18)26-16-19-5-3-4-6-20(19)17-27-11-13-28-14-12-27/h3-10H,2,11-17H2,1H3,(H2,24,25,26). The quantitative estimate of drug-likeness (QED) is 0.506. The molecule has 2 aromatic carbocycles. The number of benzene rings is 2. The van der Waals surface area contributed by atoms with E-state index < -0.39 is 0 Å². The first kappa shape index (κ1) is 20.8. The fourth-order valence-corrected chi connectivity index (χ4v) is 3.43. The van der Waals surface area contributed by atoms with Crippen LogP contribution in [0.5, 0.6) is 0 Å². The summed E-state index contributed by atoms with van der Waals surface area (Å²) in [6, 6.07) is 16.9. The van der Waals surface area contributed by atoms with Crippen LogP contribution in [-0.4, -0.2) is 43.7 Å². The summed E-state index contributed by atoms with van der Waals surface area (Å²) in [6.45, 7) is 8.95. The van der Waals surface area contributed by atoms with Gasteiger partial charge < -0.3 is 15.4 Å². The second kappa shape index (κ2) is 11.2. The van der Waals surface area contributed by atoms with E-state index in [1.165, 1.54) is 16.7 Å². The monoisotopic (exact) mass is 444 g/mol. The van der Waals surface area contributed by atoms with Gasteiger partial charge in [-0.2, -0.15) is 0 Å². The molecule has 1 heterocycles. The van der Waals surface area contributed by atoms with Gasteiger partial charge in [-0.1, -0.05) is 52.3 Å². The molecular formula is C22H29BrN4O. The summed E-state index contributed by atoms with van der Waals surface area (Å²) in [4.78, 5) is 7.18. The highest BCUT2D eigenvalue weighted by atomic mass is 79.9. The van der Waals surface area contributed by atoms with Gasteiger partial charge in [0, 0.05) is 37.2 Å². The van der Waals surface area contributed by atoms with E-state index in [1.54, 1.807) is 0 Å². The van der Waals surface area contributed by atoms with Gasteiger partial charge in [0.15, 0.2) is 5.96 Å². The van der Waals surface area contributed by atoms with Crippen LogP contribution in [0, 0.1) is 0 Å². The van der Waals surface area contributed by atoms with Gasteiger partial charge in [-0.3, -0.25) is 4.90 Å². The maximum absolute atomic E-state index is 5.46. The number of hydrogen-bond donors (Lipinski definition) is 2. The minimum absolute atomic E-state index is 0.651. The van der Waals surface area contributed by atoms with Crippen LogP contribution in [0.1, 0.15) is 23.6 Å². The van der Waals surface area contributed by atoms with Gasteiger partial charge in [-0.25, -0.2) is 4.99 Å². The lowest BCUT2D eigenvalue weighted by atomic mass is 10.1. The van der Waals surface area contributed by atoms with Crippen LogP contribution in [0.2, 0.25) is 0 Å². The molecule has 28 heavy (non-hydrogen) atoms. The van der Waals surface area contributed by atoms with E-state index in [0.717, 1.165) is 56.4 Å². The molecule has 0 amide bonds. The normalized spacial score (nSPS) is 15.4. The van der Waals surface area contributed by atoms with E-state index in [9.17, 15) is 0 Å². The fourth-order valence-electron chi connectivity index (χ4n) is 3.17. The lowest BCUT2D eigenvalue weighted by molar-refractivity contribution is 0.0341. The Kier molecular flexibility index (Phi) is 8.33. The van der Waals surface area contributed by atoms with E-state index in [2.05, 4.69) is 74.8 Å². The Hall–Kier alpha value is -1.89. The molecule has 6 heteroatoms. The van der Waals surface area contributed by atoms with Crippen molar-refractivity contribution in [1.29, 1.82) is 0 Å². The molecular weight excluding hydrogens is 416 g/mol. The van der Waals surface area contributed by atoms with E-state index >= 15 is 0 Å². The van der Waals surface area contributed by atoms with Crippen LogP contribution in [0.25, 0.3) is 0 Å². The van der Waals surface area contributed by atoms with Crippen LogP contribution in [-0.2, 0) is 24.4 Å². The van der Waals surface area contributed by atoms with Crippen LogP contribution in [0.3, 0.4) is 0 Å². The van der Waals surface area contributed by atoms with Gasteiger partial charge in [0.05, 0.1) is 19.8 Å². The number of aliphatic imine (C=N–C) groups is 1. The largest absolute Gasteiger partial charge is 0.379 e. The number of nitrogens with zero attached hydrogens (tertiary/aromatic N) is 2. The van der Waals surface area contributed by atoms with Crippen LogP contribution >= 0.6 is 15.9 Å². The fraction of sp³-hybridized carbons (Fsp3) is 0.409. The highest BCUT2D eigenvalue weighted by molar-refractivity contribution is 9.10. The molecule has 1 aliphatic rings. The first-order valence-electron chi connectivity index (χ1n) is 9.88. The summed E-state index contributed by atoms with van der Waals surface area (Å²) in [5, 5.41) is 6.82. The van der Waals surface area contributed by atoms with Crippen molar-refractivity contribution in [2.75, 3.05) is 32.8 Å². The third kappa shape index (κ3) is 6.62. The molecule has 1 fully saturated rings. The molecule has 0 bridgehead atoms. The molecule has 1 aliphatic heterocycles. The summed E-state index contributed by atoms with van der Waals surface area (Å²) in [5.74, 6) is 0.839. The molecule has 0 aliphatic carbocycles. The molecule has 5 nitrogen and oxygen atoms in total. The third-order valence-electron chi connectivity index (χ3n) is 4.74. The highest BCUT2D eigenvalue weighted by Gasteiger charge is 2.12. The average molecular weight is 445 g/mol. The summed E-state index contributed by atoms with van der Waals surface area (Å²) in [5.41, 5.74) is 3.86. The van der Waals surface area contributed by atoms with Crippen molar-refractivity contribution >= 4 is 21.9 Å². The molecule has 150 valence electrons. The zero-order valence-corrected chi connectivity index (χ0v) is 18.0. The van der Waals surface area contributed by atoms with Crippen LogP contribution < -0.4 is 10.6 Å². The molecule has 0 unspecified atom stereocenters. The van der Waals surface area contributed by atoms with E-state index in [0.29, 0.717) is 6.54 Å². The topological polar surface area (TPSA) is 48.9 Å². The average Bonchev–Trinajstić information content (AvgIpc) is 2.73. The number of nitrogens with one attached hydrogen (secondary N) is 2. The third-order valence-corrected chi connectivity index (χ3v) is 5.27. The SMILES string of the molecule is CCNC(=NCc1ccc(Br)cc1)NCc1ccccc1CN1CCOCC1. The smallest absolute Gasteiger partial charge is 0.191 e. The summed E-state index contributed by atoms with van der Waals surface area (Å²) < 4.78 is 6.55. The zero-order chi connectivity index (χ0) is 19.6. The van der Waals surface area contributed by atoms with Gasteiger partial charge in [-0.05, 0) is 35.7 Å². The summed E-state index contributed by atoms with van der Waals surface area (Å²) in [6.07, 6.45) is 0. The first-order valence-corrected chi connectivity index (χ1v) is 10.7. The number of halogens is 1. The first-order chi connectivity index (χ1) is 13.7. The summed E-state index contributed by atoms with van der Waals surface area (Å²) >= 11 is 3.47. The Morgan fingerprint density at radius 3 is 2.46 bits per heavy atom. The van der Waals surface area contributed by atoms with Crippen molar-refractivity contribution in [3.8, 4) is 0 Å². The maximum Gasteiger partial charge on any atom is 0.191 e. The van der Waals surface area contributed by atoms with Crippen molar-refractivity contribution in [2.45, 2.75) is 26.6 Å². The maximum atomic E-state index is 5.46. The van der Waals surface area contributed by atoms with Crippen LogP contribution in [0.15, 0.2) is 58.0 Å². The Labute approximate surface area is 176 Å². The second-order valence-electron chi connectivity index (χ2n) is 6.83. The van der Waals surface area contributed by atoms with Crippen molar-refractivity contribution in [1.82, 2.24) is 15.5 Å².